The maximum absolute atomic E-state index is 13.2. The molecular weight excluding hydrogens is 450 g/mol. The Hall–Kier alpha value is -3.70. The van der Waals surface area contributed by atoms with Gasteiger partial charge in [0.25, 0.3) is 5.56 Å². The molecular formula is C21H17N5O4S2. The number of ether oxygens (including phenoxy) is 1. The Morgan fingerprint density at radius 1 is 1.09 bits per heavy atom. The summed E-state index contributed by atoms with van der Waals surface area (Å²) < 4.78 is 9.64. The van der Waals surface area contributed by atoms with Crippen molar-refractivity contribution in [3.63, 3.8) is 0 Å². The molecule has 5 rings (SSSR count). The molecule has 0 aliphatic heterocycles. The summed E-state index contributed by atoms with van der Waals surface area (Å²) in [5, 5.41) is 10.8. The van der Waals surface area contributed by atoms with E-state index in [1.54, 1.807) is 35.7 Å². The Balaban J connectivity index is 1.57. The lowest BCUT2D eigenvalue weighted by molar-refractivity contribution is -0.117. The molecule has 0 bridgehead atoms. The molecule has 0 saturated carbocycles. The lowest BCUT2D eigenvalue weighted by Crippen LogP contribution is -2.29. The third kappa shape index (κ3) is 3.41. The number of nitrogens with one attached hydrogen (secondary N) is 1. The van der Waals surface area contributed by atoms with E-state index >= 15 is 0 Å². The van der Waals surface area contributed by atoms with E-state index in [-0.39, 0.29) is 24.4 Å². The molecule has 5 aromatic rings. The molecule has 1 aromatic carbocycles. The highest BCUT2D eigenvalue weighted by atomic mass is 32.1. The summed E-state index contributed by atoms with van der Waals surface area (Å²) in [6.07, 6.45) is 0. The zero-order valence-corrected chi connectivity index (χ0v) is 18.5. The standard InChI is InChI=1S/C21H17N5O4S2/c1-30-16-7-3-2-6-14(16)22-17(27)12-25-21(29)26-15-8-10-32-18(15)19(28)24(20(26)23-25)11-13-5-4-9-31-13/h2-10H,11-12H2,1H3,(H,22,27). The van der Waals surface area contributed by atoms with Crippen LogP contribution in [0, 0.1) is 0 Å². The molecule has 0 spiro atoms. The number of anilines is 1. The molecule has 4 aromatic heterocycles. The van der Waals surface area contributed by atoms with Crippen molar-refractivity contribution in [2.24, 2.45) is 0 Å². The first-order chi connectivity index (χ1) is 15.6. The first-order valence-corrected chi connectivity index (χ1v) is 11.4. The van der Waals surface area contributed by atoms with Crippen molar-refractivity contribution in [3.8, 4) is 5.75 Å². The van der Waals surface area contributed by atoms with Crippen LogP contribution in [0.3, 0.4) is 0 Å². The van der Waals surface area contributed by atoms with Crippen LogP contribution in [-0.4, -0.2) is 31.8 Å². The van der Waals surface area contributed by atoms with Gasteiger partial charge < -0.3 is 10.1 Å². The minimum atomic E-state index is -0.487. The number of hydrogen-bond acceptors (Lipinski definition) is 7. The molecule has 162 valence electrons. The third-order valence-electron chi connectivity index (χ3n) is 4.96. The van der Waals surface area contributed by atoms with Gasteiger partial charge in [0.1, 0.15) is 17.0 Å². The Bertz CT molecular complexity index is 1560. The van der Waals surface area contributed by atoms with Crippen molar-refractivity contribution in [3.05, 3.63) is 78.9 Å². The van der Waals surface area contributed by atoms with E-state index in [1.807, 2.05) is 17.5 Å². The summed E-state index contributed by atoms with van der Waals surface area (Å²) in [5.74, 6) is 0.270. The fraction of sp³-hybridized carbons (Fsp3) is 0.143. The van der Waals surface area contributed by atoms with Crippen LogP contribution >= 0.6 is 22.7 Å². The summed E-state index contributed by atoms with van der Waals surface area (Å²) >= 11 is 2.79. The molecule has 0 aliphatic rings. The van der Waals surface area contributed by atoms with E-state index in [2.05, 4.69) is 10.4 Å². The quantitative estimate of drug-likeness (QED) is 0.414. The SMILES string of the molecule is COc1ccccc1NC(=O)Cn1nc2n(Cc3cccs3)c(=O)c3sccc3n2c1=O. The van der Waals surface area contributed by atoms with Gasteiger partial charge in [-0.25, -0.2) is 13.9 Å². The van der Waals surface area contributed by atoms with E-state index in [4.69, 9.17) is 4.74 Å². The van der Waals surface area contributed by atoms with Crippen LogP contribution in [0.4, 0.5) is 5.69 Å². The normalized spacial score (nSPS) is 11.3. The number of thiophene rings is 2. The first kappa shape index (κ1) is 20.2. The molecule has 9 nitrogen and oxygen atoms in total. The molecule has 1 N–H and O–H groups in total. The van der Waals surface area contributed by atoms with E-state index < -0.39 is 11.6 Å². The lowest BCUT2D eigenvalue weighted by Gasteiger charge is -2.09. The Morgan fingerprint density at radius 2 is 1.94 bits per heavy atom. The largest absolute Gasteiger partial charge is 0.495 e. The number of carbonyl (C=O) groups is 1. The van der Waals surface area contributed by atoms with E-state index in [9.17, 15) is 14.4 Å². The Labute approximate surface area is 188 Å². The molecule has 4 heterocycles. The fourth-order valence-electron chi connectivity index (χ4n) is 3.51. The van der Waals surface area contributed by atoms with Crippen molar-refractivity contribution >= 4 is 50.3 Å². The van der Waals surface area contributed by atoms with Crippen LogP contribution in [0.2, 0.25) is 0 Å². The number of benzene rings is 1. The van der Waals surface area contributed by atoms with Gasteiger partial charge in [0.2, 0.25) is 11.7 Å². The van der Waals surface area contributed by atoms with Crippen molar-refractivity contribution in [2.45, 2.75) is 13.1 Å². The lowest BCUT2D eigenvalue weighted by atomic mass is 10.3. The number of hydrogen-bond donors (Lipinski definition) is 1. The van der Waals surface area contributed by atoms with Crippen LogP contribution in [-0.2, 0) is 17.9 Å². The van der Waals surface area contributed by atoms with Gasteiger partial charge in [-0.15, -0.1) is 27.8 Å². The van der Waals surface area contributed by atoms with E-state index in [1.165, 1.54) is 38.8 Å². The van der Waals surface area contributed by atoms with Crippen LogP contribution in [0.5, 0.6) is 5.75 Å². The third-order valence-corrected chi connectivity index (χ3v) is 6.71. The summed E-state index contributed by atoms with van der Waals surface area (Å²) in [6, 6.07) is 12.5. The van der Waals surface area contributed by atoms with Crippen molar-refractivity contribution in [2.75, 3.05) is 12.4 Å². The Morgan fingerprint density at radius 3 is 2.72 bits per heavy atom. The monoisotopic (exact) mass is 467 g/mol. The van der Waals surface area contributed by atoms with Crippen LogP contribution in [0.1, 0.15) is 4.88 Å². The molecule has 0 aliphatic carbocycles. The molecule has 11 heteroatoms. The van der Waals surface area contributed by atoms with Gasteiger partial charge in [-0.05, 0) is 35.0 Å². The van der Waals surface area contributed by atoms with Gasteiger partial charge in [-0.3, -0.25) is 14.2 Å². The zero-order chi connectivity index (χ0) is 22.2. The second kappa shape index (κ2) is 8.09. The topological polar surface area (TPSA) is 99.6 Å². The van der Waals surface area contributed by atoms with Gasteiger partial charge in [0.15, 0.2) is 0 Å². The van der Waals surface area contributed by atoms with Gasteiger partial charge in [-0.2, -0.15) is 0 Å². The average molecular weight is 468 g/mol. The van der Waals surface area contributed by atoms with Gasteiger partial charge in [0, 0.05) is 4.88 Å². The maximum atomic E-state index is 13.2. The fourth-order valence-corrected chi connectivity index (χ4v) is 5.03. The number of rotatable bonds is 6. The zero-order valence-electron chi connectivity index (χ0n) is 16.8. The molecule has 0 unspecified atom stereocenters. The number of carbonyl (C=O) groups excluding carboxylic acids is 1. The Kier molecular flexibility index (Phi) is 5.11. The predicted octanol–water partition coefficient (Wildman–Crippen LogP) is 2.63. The summed E-state index contributed by atoms with van der Waals surface area (Å²) in [7, 11) is 1.51. The summed E-state index contributed by atoms with van der Waals surface area (Å²) in [5.41, 5.74) is 0.274. The number of methoxy groups -OCH3 is 1. The highest BCUT2D eigenvalue weighted by molar-refractivity contribution is 7.17. The second-order valence-electron chi connectivity index (χ2n) is 6.93. The van der Waals surface area contributed by atoms with E-state index in [0.29, 0.717) is 21.7 Å². The first-order valence-electron chi connectivity index (χ1n) is 9.61. The molecule has 0 radical (unpaired) electrons. The number of aromatic nitrogens is 4. The molecule has 0 atom stereocenters. The van der Waals surface area contributed by atoms with Crippen molar-refractivity contribution < 1.29 is 9.53 Å². The minimum Gasteiger partial charge on any atom is -0.495 e. The maximum Gasteiger partial charge on any atom is 0.352 e. The highest BCUT2D eigenvalue weighted by Crippen LogP contribution is 2.23. The number of nitrogens with zero attached hydrogens (tertiary/aromatic N) is 4. The number of amides is 1. The van der Waals surface area contributed by atoms with Crippen molar-refractivity contribution in [1.82, 2.24) is 18.7 Å². The number of para-hydroxylation sites is 2. The minimum absolute atomic E-state index is 0.199. The van der Waals surface area contributed by atoms with Gasteiger partial charge in [0.05, 0.1) is 24.9 Å². The summed E-state index contributed by atoms with van der Waals surface area (Å²) in [4.78, 5) is 39.9. The van der Waals surface area contributed by atoms with Gasteiger partial charge >= 0.3 is 5.69 Å². The van der Waals surface area contributed by atoms with E-state index in [0.717, 1.165) is 9.56 Å². The van der Waals surface area contributed by atoms with Gasteiger partial charge in [-0.1, -0.05) is 18.2 Å². The van der Waals surface area contributed by atoms with Crippen molar-refractivity contribution in [1.29, 1.82) is 0 Å². The average Bonchev–Trinajstić information content (AvgIpc) is 3.53. The summed E-state index contributed by atoms with van der Waals surface area (Å²) in [6.45, 7) is -0.0188. The molecule has 0 fully saturated rings. The predicted molar refractivity (Wildman–Crippen MR) is 124 cm³/mol. The molecule has 1 amide bonds. The highest BCUT2D eigenvalue weighted by Gasteiger charge is 2.20. The second-order valence-corrected chi connectivity index (χ2v) is 8.88. The smallest absolute Gasteiger partial charge is 0.352 e. The van der Waals surface area contributed by atoms with Crippen LogP contribution in [0.25, 0.3) is 16.0 Å². The molecule has 0 saturated heterocycles. The molecule has 32 heavy (non-hydrogen) atoms. The van der Waals surface area contributed by atoms with Crippen LogP contribution < -0.4 is 21.3 Å². The van der Waals surface area contributed by atoms with Crippen LogP contribution in [0.15, 0.2) is 62.8 Å². The number of fused-ring (bicyclic) bond motifs is 3.